The van der Waals surface area contributed by atoms with E-state index in [4.69, 9.17) is 15.2 Å². The second-order valence-electron chi connectivity index (χ2n) is 8.53. The monoisotopic (exact) mass is 470 g/mol. The number of nitrogens with two attached hydrogens (primary N) is 1. The number of hydrogen-bond acceptors (Lipinski definition) is 7. The fourth-order valence-corrected chi connectivity index (χ4v) is 3.57. The molecule has 0 spiro atoms. The maximum atomic E-state index is 13.1. The second-order valence-corrected chi connectivity index (χ2v) is 10.8. The number of sulfone groups is 1. The minimum atomic E-state index is -3.33. The van der Waals surface area contributed by atoms with Gasteiger partial charge in [-0.15, -0.1) is 0 Å². The van der Waals surface area contributed by atoms with Gasteiger partial charge in [-0.2, -0.15) is 0 Å². The van der Waals surface area contributed by atoms with Crippen LogP contribution >= 0.6 is 0 Å². The maximum Gasteiger partial charge on any atom is 0.328 e. The Bertz CT molecular complexity index is 813. The molecule has 9 heteroatoms. The van der Waals surface area contributed by atoms with Gasteiger partial charge < -0.3 is 20.5 Å². The van der Waals surface area contributed by atoms with Crippen molar-refractivity contribution in [3.8, 4) is 0 Å². The zero-order valence-corrected chi connectivity index (χ0v) is 20.6. The highest BCUT2D eigenvalue weighted by Crippen LogP contribution is 2.12. The molecule has 182 valence electrons. The number of esters is 1. The number of benzene rings is 1. The van der Waals surface area contributed by atoms with Crippen LogP contribution < -0.4 is 11.1 Å². The van der Waals surface area contributed by atoms with Gasteiger partial charge in [0.05, 0.1) is 18.5 Å². The standard InChI is InChI=1S/C23H38N2O6S/c1-6-17(4)19(24)15-30-21(14-18-10-8-7-9-11-18)22(26)25-20(12-13-32(5,28)29)23(27)31-16(2)3/h7-11,16-17,19-21H,6,12-15,24H2,1-5H3,(H,25,26)/t17-,19?,20?,21?/m0/s1. The maximum absolute atomic E-state index is 13.1. The highest BCUT2D eigenvalue weighted by atomic mass is 32.2. The molecule has 0 radical (unpaired) electrons. The Balaban J connectivity index is 2.99. The van der Waals surface area contributed by atoms with E-state index in [1.54, 1.807) is 13.8 Å². The molecule has 1 aromatic carbocycles. The lowest BCUT2D eigenvalue weighted by Gasteiger charge is -2.25. The minimum Gasteiger partial charge on any atom is -0.461 e. The van der Waals surface area contributed by atoms with Crippen molar-refractivity contribution >= 4 is 21.7 Å². The van der Waals surface area contributed by atoms with Gasteiger partial charge >= 0.3 is 5.97 Å². The molecule has 0 saturated heterocycles. The van der Waals surface area contributed by atoms with Crippen molar-refractivity contribution in [3.63, 3.8) is 0 Å². The summed E-state index contributed by atoms with van der Waals surface area (Å²) < 4.78 is 34.3. The third kappa shape index (κ3) is 11.1. The van der Waals surface area contributed by atoms with E-state index in [0.717, 1.165) is 18.2 Å². The summed E-state index contributed by atoms with van der Waals surface area (Å²) in [6.45, 7) is 7.61. The van der Waals surface area contributed by atoms with Crippen molar-refractivity contribution in [1.29, 1.82) is 0 Å². The molecule has 3 N–H and O–H groups in total. The largest absolute Gasteiger partial charge is 0.461 e. The molecule has 0 fully saturated rings. The summed E-state index contributed by atoms with van der Waals surface area (Å²) in [5.74, 6) is -1.22. The van der Waals surface area contributed by atoms with Crippen LogP contribution in [0.3, 0.4) is 0 Å². The van der Waals surface area contributed by atoms with Gasteiger partial charge in [0.2, 0.25) is 5.91 Å². The summed E-state index contributed by atoms with van der Waals surface area (Å²) in [6.07, 6.45) is 0.884. The molecule has 32 heavy (non-hydrogen) atoms. The lowest BCUT2D eigenvalue weighted by Crippen LogP contribution is -2.49. The summed E-state index contributed by atoms with van der Waals surface area (Å²) in [4.78, 5) is 25.6. The molecule has 0 heterocycles. The quantitative estimate of drug-likeness (QED) is 0.398. The molecule has 0 aliphatic rings. The van der Waals surface area contributed by atoms with Crippen LogP contribution in [0.15, 0.2) is 30.3 Å². The first-order valence-corrected chi connectivity index (χ1v) is 13.1. The van der Waals surface area contributed by atoms with Gasteiger partial charge in [0, 0.05) is 18.7 Å². The van der Waals surface area contributed by atoms with Crippen LogP contribution in [0.5, 0.6) is 0 Å². The Labute approximate surface area is 192 Å². The van der Waals surface area contributed by atoms with Crippen molar-refractivity contribution in [2.75, 3.05) is 18.6 Å². The van der Waals surface area contributed by atoms with E-state index in [1.807, 2.05) is 44.2 Å². The predicted octanol–water partition coefficient (Wildman–Crippen LogP) is 1.86. The molecule has 0 aliphatic carbocycles. The Morgan fingerprint density at radius 3 is 2.28 bits per heavy atom. The molecule has 1 amide bonds. The van der Waals surface area contributed by atoms with Crippen LogP contribution in [0.4, 0.5) is 0 Å². The number of carbonyl (C=O) groups is 2. The number of hydrogen-bond donors (Lipinski definition) is 2. The third-order valence-corrected chi connectivity index (χ3v) is 6.13. The molecule has 1 rings (SSSR count). The minimum absolute atomic E-state index is 0.0828. The fourth-order valence-electron chi connectivity index (χ4n) is 2.91. The SMILES string of the molecule is CC[C@H](C)C(N)COC(Cc1ccccc1)C(=O)NC(CCS(C)(=O)=O)C(=O)OC(C)C. The molecule has 0 bridgehead atoms. The number of nitrogens with one attached hydrogen (secondary N) is 1. The summed E-state index contributed by atoms with van der Waals surface area (Å²) >= 11 is 0. The normalized spacial score (nSPS) is 15.6. The molecular formula is C23H38N2O6S. The van der Waals surface area contributed by atoms with Crippen LogP contribution in [0.25, 0.3) is 0 Å². The Morgan fingerprint density at radius 1 is 1.12 bits per heavy atom. The van der Waals surface area contributed by atoms with Crippen LogP contribution in [0, 0.1) is 5.92 Å². The van der Waals surface area contributed by atoms with Gasteiger partial charge in [-0.3, -0.25) is 4.79 Å². The van der Waals surface area contributed by atoms with Gasteiger partial charge in [-0.25, -0.2) is 13.2 Å². The highest BCUT2D eigenvalue weighted by Gasteiger charge is 2.29. The molecule has 1 aromatic rings. The highest BCUT2D eigenvalue weighted by molar-refractivity contribution is 7.90. The molecule has 0 aliphatic heterocycles. The molecule has 0 saturated carbocycles. The number of carbonyl (C=O) groups excluding carboxylic acids is 2. The summed E-state index contributed by atoms with van der Waals surface area (Å²) in [5, 5.41) is 2.64. The van der Waals surface area contributed by atoms with Crippen LogP contribution in [0.1, 0.15) is 46.1 Å². The van der Waals surface area contributed by atoms with E-state index in [9.17, 15) is 18.0 Å². The van der Waals surface area contributed by atoms with Crippen LogP contribution in [-0.2, 0) is 35.3 Å². The van der Waals surface area contributed by atoms with E-state index in [-0.39, 0.29) is 37.2 Å². The van der Waals surface area contributed by atoms with Gasteiger partial charge in [0.15, 0.2) is 0 Å². The number of ether oxygens (including phenoxy) is 2. The average Bonchev–Trinajstić information content (AvgIpc) is 2.72. The van der Waals surface area contributed by atoms with Crippen molar-refractivity contribution in [3.05, 3.63) is 35.9 Å². The Morgan fingerprint density at radius 2 is 1.75 bits per heavy atom. The molecular weight excluding hydrogens is 432 g/mol. The second kappa shape index (κ2) is 13.5. The zero-order chi connectivity index (χ0) is 24.3. The smallest absolute Gasteiger partial charge is 0.328 e. The molecule has 4 atom stereocenters. The fraction of sp³-hybridized carbons (Fsp3) is 0.652. The van der Waals surface area contributed by atoms with E-state index in [0.29, 0.717) is 0 Å². The summed E-state index contributed by atoms with van der Waals surface area (Å²) in [7, 11) is -3.33. The topological polar surface area (TPSA) is 125 Å². The predicted molar refractivity (Wildman–Crippen MR) is 125 cm³/mol. The van der Waals surface area contributed by atoms with Crippen LogP contribution in [-0.4, -0.2) is 63.2 Å². The van der Waals surface area contributed by atoms with Crippen molar-refractivity contribution in [1.82, 2.24) is 5.32 Å². The van der Waals surface area contributed by atoms with Crippen molar-refractivity contribution < 1.29 is 27.5 Å². The van der Waals surface area contributed by atoms with Crippen LogP contribution in [0.2, 0.25) is 0 Å². The molecule has 0 aromatic heterocycles. The third-order valence-electron chi connectivity index (χ3n) is 5.15. The average molecular weight is 471 g/mol. The number of amides is 1. The van der Waals surface area contributed by atoms with E-state index < -0.39 is 40.0 Å². The van der Waals surface area contributed by atoms with E-state index in [2.05, 4.69) is 5.32 Å². The lowest BCUT2D eigenvalue weighted by atomic mass is 10.0. The van der Waals surface area contributed by atoms with Crippen molar-refractivity contribution in [2.24, 2.45) is 11.7 Å². The first-order valence-electron chi connectivity index (χ1n) is 11.0. The first-order chi connectivity index (χ1) is 14.9. The summed E-state index contributed by atoms with van der Waals surface area (Å²) in [5.41, 5.74) is 7.06. The first kappa shape index (κ1) is 28.1. The Hall–Kier alpha value is -1.97. The zero-order valence-electron chi connectivity index (χ0n) is 19.7. The lowest BCUT2D eigenvalue weighted by molar-refractivity contribution is -0.152. The van der Waals surface area contributed by atoms with Crippen molar-refractivity contribution in [2.45, 2.75) is 71.2 Å². The molecule has 8 nitrogen and oxygen atoms in total. The number of rotatable bonds is 14. The van der Waals surface area contributed by atoms with E-state index >= 15 is 0 Å². The summed E-state index contributed by atoms with van der Waals surface area (Å²) in [6, 6.07) is 8.04. The van der Waals surface area contributed by atoms with Gasteiger partial charge in [-0.1, -0.05) is 50.6 Å². The Kier molecular flexibility index (Phi) is 11.9. The van der Waals surface area contributed by atoms with Gasteiger partial charge in [-0.05, 0) is 31.7 Å². The van der Waals surface area contributed by atoms with Gasteiger partial charge in [0.25, 0.3) is 0 Å². The van der Waals surface area contributed by atoms with E-state index in [1.165, 1.54) is 0 Å². The van der Waals surface area contributed by atoms with Gasteiger partial charge in [0.1, 0.15) is 22.0 Å². The molecule has 3 unspecified atom stereocenters.